The molecule has 0 aromatic rings. The third kappa shape index (κ3) is 5.12. The highest BCUT2D eigenvalue weighted by molar-refractivity contribution is 9.11. The molecule has 0 fully saturated rings. The second kappa shape index (κ2) is 5.39. The van der Waals surface area contributed by atoms with E-state index in [4.69, 9.17) is 6.42 Å². The number of hydrogen-bond donors (Lipinski definition) is 0. The largest absolute Gasteiger partial charge is 0.449 e. The van der Waals surface area contributed by atoms with Crippen LogP contribution in [0.1, 0.15) is 0 Å². The third-order valence-corrected chi connectivity index (χ3v) is 0.761. The minimum atomic E-state index is -0.440. The van der Waals surface area contributed by atoms with Gasteiger partial charge in [0, 0.05) is 6.08 Å². The SMILES string of the molecule is C#CCOC(=O)/C=C\Br. The maximum atomic E-state index is 10.4. The molecule has 0 N–H and O–H groups in total. The molecule has 3 heteroatoms. The van der Waals surface area contributed by atoms with Crippen LogP contribution in [0.3, 0.4) is 0 Å². The molecule has 0 aliphatic heterocycles. The summed E-state index contributed by atoms with van der Waals surface area (Å²) in [6, 6.07) is 0. The van der Waals surface area contributed by atoms with E-state index in [0.29, 0.717) is 0 Å². The molecule has 0 saturated heterocycles. The van der Waals surface area contributed by atoms with Crippen LogP contribution in [-0.4, -0.2) is 12.6 Å². The molecule has 0 unspecified atom stereocenters. The summed E-state index contributed by atoms with van der Waals surface area (Å²) in [6.07, 6.45) is 6.04. The Kier molecular flexibility index (Phi) is 4.94. The van der Waals surface area contributed by atoms with Crippen molar-refractivity contribution in [1.82, 2.24) is 0 Å². The topological polar surface area (TPSA) is 26.3 Å². The Morgan fingerprint density at radius 1 is 1.89 bits per heavy atom. The van der Waals surface area contributed by atoms with Gasteiger partial charge in [0.1, 0.15) is 0 Å². The van der Waals surface area contributed by atoms with Crippen LogP contribution in [0.5, 0.6) is 0 Å². The second-order valence-electron chi connectivity index (χ2n) is 1.10. The van der Waals surface area contributed by atoms with E-state index in [-0.39, 0.29) is 6.61 Å². The van der Waals surface area contributed by atoms with Crippen molar-refractivity contribution >= 4 is 21.9 Å². The van der Waals surface area contributed by atoms with Crippen molar-refractivity contribution < 1.29 is 9.53 Å². The van der Waals surface area contributed by atoms with E-state index in [9.17, 15) is 4.79 Å². The first-order chi connectivity index (χ1) is 4.31. The van der Waals surface area contributed by atoms with Gasteiger partial charge < -0.3 is 4.74 Å². The van der Waals surface area contributed by atoms with Gasteiger partial charge in [0.05, 0.1) is 0 Å². The number of carbonyl (C=O) groups is 1. The van der Waals surface area contributed by atoms with E-state index in [1.165, 1.54) is 11.1 Å². The van der Waals surface area contributed by atoms with Crippen molar-refractivity contribution in [2.45, 2.75) is 0 Å². The van der Waals surface area contributed by atoms with E-state index < -0.39 is 5.97 Å². The van der Waals surface area contributed by atoms with Gasteiger partial charge in [0.25, 0.3) is 0 Å². The molecule has 0 aromatic heterocycles. The van der Waals surface area contributed by atoms with Gasteiger partial charge in [0.2, 0.25) is 0 Å². The van der Waals surface area contributed by atoms with E-state index in [2.05, 4.69) is 26.6 Å². The predicted octanol–water partition coefficient (Wildman–Crippen LogP) is 1.07. The molecule has 0 spiro atoms. The average molecular weight is 189 g/mol. The molecule has 0 rings (SSSR count). The summed E-state index contributed by atoms with van der Waals surface area (Å²) in [7, 11) is 0. The lowest BCUT2D eigenvalue weighted by atomic mass is 10.6. The molecular weight excluding hydrogens is 184 g/mol. The van der Waals surface area contributed by atoms with Gasteiger partial charge in [-0.05, 0) is 4.99 Å². The normalized spacial score (nSPS) is 8.89. The summed E-state index contributed by atoms with van der Waals surface area (Å²) in [5.74, 6) is 1.72. The summed E-state index contributed by atoms with van der Waals surface area (Å²) in [6.45, 7) is 0.0240. The Morgan fingerprint density at radius 2 is 2.56 bits per heavy atom. The highest BCUT2D eigenvalue weighted by Gasteiger charge is 1.90. The first-order valence-electron chi connectivity index (χ1n) is 2.18. The van der Waals surface area contributed by atoms with Crippen LogP contribution in [0.15, 0.2) is 11.1 Å². The van der Waals surface area contributed by atoms with Crippen LogP contribution in [0.4, 0.5) is 0 Å². The van der Waals surface area contributed by atoms with Crippen LogP contribution in [-0.2, 0) is 9.53 Å². The van der Waals surface area contributed by atoms with Crippen LogP contribution in [0.2, 0.25) is 0 Å². The number of carbonyl (C=O) groups excluding carboxylic acids is 1. The van der Waals surface area contributed by atoms with E-state index in [1.807, 2.05) is 0 Å². The van der Waals surface area contributed by atoms with Crippen molar-refractivity contribution in [2.75, 3.05) is 6.61 Å². The van der Waals surface area contributed by atoms with Gasteiger partial charge in [-0.3, -0.25) is 0 Å². The summed E-state index contributed by atoms with van der Waals surface area (Å²) < 4.78 is 4.44. The molecule has 48 valence electrons. The molecule has 0 bridgehead atoms. The summed E-state index contributed by atoms with van der Waals surface area (Å²) in [5, 5.41) is 0. The lowest BCUT2D eigenvalue weighted by Gasteiger charge is -1.91. The molecule has 0 aliphatic carbocycles. The maximum Gasteiger partial charge on any atom is 0.332 e. The van der Waals surface area contributed by atoms with Crippen molar-refractivity contribution in [2.24, 2.45) is 0 Å². The molecule has 0 aromatic carbocycles. The number of terminal acetylenes is 1. The van der Waals surface area contributed by atoms with Crippen LogP contribution >= 0.6 is 15.9 Å². The minimum absolute atomic E-state index is 0.0240. The van der Waals surface area contributed by atoms with Crippen LogP contribution in [0.25, 0.3) is 0 Å². The lowest BCUT2D eigenvalue weighted by Crippen LogP contribution is -1.99. The van der Waals surface area contributed by atoms with E-state index >= 15 is 0 Å². The van der Waals surface area contributed by atoms with Gasteiger partial charge in [-0.1, -0.05) is 21.9 Å². The quantitative estimate of drug-likeness (QED) is 0.369. The molecule has 0 aliphatic rings. The number of hydrogen-bond acceptors (Lipinski definition) is 2. The smallest absolute Gasteiger partial charge is 0.332 e. The van der Waals surface area contributed by atoms with Gasteiger partial charge in [-0.15, -0.1) is 6.42 Å². The standard InChI is InChI=1S/C6H5BrO2/c1-2-5-9-6(8)3-4-7/h1,3-4H,5H2/b4-3-. The zero-order valence-corrected chi connectivity index (χ0v) is 6.22. The fourth-order valence-electron chi connectivity index (χ4n) is 0.212. The Morgan fingerprint density at radius 3 is 3.00 bits per heavy atom. The molecule has 2 nitrogen and oxygen atoms in total. The van der Waals surface area contributed by atoms with Crippen LogP contribution < -0.4 is 0 Å². The zero-order chi connectivity index (χ0) is 7.11. The van der Waals surface area contributed by atoms with Gasteiger partial charge in [-0.25, -0.2) is 4.79 Å². The number of rotatable bonds is 2. The Hall–Kier alpha value is -0.750. The molecule has 0 atom stereocenters. The Bertz CT molecular complexity index is 155. The zero-order valence-electron chi connectivity index (χ0n) is 4.63. The first kappa shape index (κ1) is 8.25. The summed E-state index contributed by atoms with van der Waals surface area (Å²) >= 11 is 2.91. The first-order valence-corrected chi connectivity index (χ1v) is 3.10. The molecule has 0 heterocycles. The van der Waals surface area contributed by atoms with Gasteiger partial charge in [-0.2, -0.15) is 0 Å². The monoisotopic (exact) mass is 188 g/mol. The number of halogens is 1. The molecule has 0 amide bonds. The third-order valence-electron chi connectivity index (χ3n) is 0.497. The minimum Gasteiger partial charge on any atom is -0.449 e. The fraction of sp³-hybridized carbons (Fsp3) is 0.167. The predicted molar refractivity (Wildman–Crippen MR) is 37.9 cm³/mol. The molecule has 0 radical (unpaired) electrons. The van der Waals surface area contributed by atoms with Gasteiger partial charge >= 0.3 is 5.97 Å². The molecular formula is C6H5BrO2. The van der Waals surface area contributed by atoms with Crippen molar-refractivity contribution in [1.29, 1.82) is 0 Å². The fourth-order valence-corrected chi connectivity index (χ4v) is 0.428. The van der Waals surface area contributed by atoms with Gasteiger partial charge in [0.15, 0.2) is 6.61 Å². The second-order valence-corrected chi connectivity index (χ2v) is 1.63. The van der Waals surface area contributed by atoms with Crippen LogP contribution in [0, 0.1) is 12.3 Å². The van der Waals surface area contributed by atoms with Crippen molar-refractivity contribution in [3.8, 4) is 12.3 Å². The van der Waals surface area contributed by atoms with E-state index in [1.54, 1.807) is 0 Å². The lowest BCUT2D eigenvalue weighted by molar-refractivity contribution is -0.136. The highest BCUT2D eigenvalue weighted by Crippen LogP contribution is 1.85. The molecule has 0 saturated carbocycles. The highest BCUT2D eigenvalue weighted by atomic mass is 79.9. The summed E-state index contributed by atoms with van der Waals surface area (Å²) in [4.78, 5) is 11.8. The van der Waals surface area contributed by atoms with Crippen molar-refractivity contribution in [3.63, 3.8) is 0 Å². The Balaban J connectivity index is 3.42. The Labute approximate surface area is 62.0 Å². The number of ether oxygens (including phenoxy) is 1. The maximum absolute atomic E-state index is 10.4. The molecule has 9 heavy (non-hydrogen) atoms. The average Bonchev–Trinajstić information content (AvgIpc) is 1.85. The number of esters is 1. The van der Waals surface area contributed by atoms with E-state index in [0.717, 1.165) is 0 Å². The summed E-state index contributed by atoms with van der Waals surface area (Å²) in [5.41, 5.74) is 0. The van der Waals surface area contributed by atoms with Crippen molar-refractivity contribution in [3.05, 3.63) is 11.1 Å².